The minimum Gasteiger partial charge on any atom is -0.493 e. The van der Waals surface area contributed by atoms with Gasteiger partial charge in [0.2, 0.25) is 0 Å². The van der Waals surface area contributed by atoms with Crippen molar-refractivity contribution in [3.05, 3.63) is 48.2 Å². The summed E-state index contributed by atoms with van der Waals surface area (Å²) < 4.78 is 16.7. The number of para-hydroxylation sites is 2. The topological polar surface area (TPSA) is 88.6 Å². The highest BCUT2D eigenvalue weighted by Crippen LogP contribution is 2.27. The predicted octanol–water partition coefficient (Wildman–Crippen LogP) is 2.29. The molecule has 0 aliphatic carbocycles. The highest BCUT2D eigenvalue weighted by molar-refractivity contribution is 5.87. The van der Waals surface area contributed by atoms with Crippen molar-refractivity contribution in [2.24, 2.45) is 0 Å². The molecule has 3 rings (SSSR count). The number of aliphatic hydroxyl groups is 1. The van der Waals surface area contributed by atoms with E-state index in [0.717, 1.165) is 22.3 Å². The molecular formula is C20H25N3O4. The maximum atomic E-state index is 10.1. The number of ether oxygens (including phenoxy) is 3. The van der Waals surface area contributed by atoms with Crippen LogP contribution in [0.4, 0.5) is 0 Å². The summed E-state index contributed by atoms with van der Waals surface area (Å²) in [6.07, 6.45) is -0.626. The van der Waals surface area contributed by atoms with Crippen molar-refractivity contribution >= 4 is 10.9 Å². The number of methoxy groups -OCH3 is 1. The van der Waals surface area contributed by atoms with Crippen LogP contribution in [0.5, 0.6) is 17.2 Å². The zero-order valence-electron chi connectivity index (χ0n) is 15.6. The van der Waals surface area contributed by atoms with Gasteiger partial charge >= 0.3 is 0 Å². The Balaban J connectivity index is 1.38. The van der Waals surface area contributed by atoms with Gasteiger partial charge in [-0.2, -0.15) is 5.10 Å². The Morgan fingerprint density at radius 1 is 1.07 bits per heavy atom. The molecule has 7 heteroatoms. The van der Waals surface area contributed by atoms with Gasteiger partial charge in [-0.3, -0.25) is 5.10 Å². The first kappa shape index (κ1) is 19.0. The molecule has 2 aromatic carbocycles. The standard InChI is InChI=1S/C20H25N3O4/c1-14-20-16(23-22-14)6-5-9-19(20)27-13-15(24)12-21-10-11-26-18-8-4-3-7-17(18)25-2/h3-9,15,21,24H,10-13H2,1-2H3,(H,22,23)/t15-/m0/s1. The predicted molar refractivity (Wildman–Crippen MR) is 104 cm³/mol. The largest absolute Gasteiger partial charge is 0.493 e. The Hall–Kier alpha value is -2.77. The van der Waals surface area contributed by atoms with E-state index < -0.39 is 6.10 Å². The van der Waals surface area contributed by atoms with E-state index in [-0.39, 0.29) is 6.61 Å². The Bertz CT molecular complexity index is 865. The summed E-state index contributed by atoms with van der Waals surface area (Å²) in [4.78, 5) is 0. The van der Waals surface area contributed by atoms with Gasteiger partial charge in [0, 0.05) is 13.1 Å². The van der Waals surface area contributed by atoms with E-state index in [4.69, 9.17) is 14.2 Å². The highest BCUT2D eigenvalue weighted by atomic mass is 16.5. The summed E-state index contributed by atoms with van der Waals surface area (Å²) in [5.74, 6) is 2.13. The fourth-order valence-corrected chi connectivity index (χ4v) is 2.80. The lowest BCUT2D eigenvalue weighted by molar-refractivity contribution is 0.106. The molecule has 3 N–H and O–H groups in total. The van der Waals surface area contributed by atoms with Crippen LogP contribution >= 0.6 is 0 Å². The third-order valence-corrected chi connectivity index (χ3v) is 4.15. The van der Waals surface area contributed by atoms with E-state index >= 15 is 0 Å². The van der Waals surface area contributed by atoms with Gasteiger partial charge in [0.1, 0.15) is 25.1 Å². The zero-order chi connectivity index (χ0) is 19.1. The third kappa shape index (κ3) is 4.90. The molecule has 0 bridgehead atoms. The van der Waals surface area contributed by atoms with Crippen LogP contribution in [0.25, 0.3) is 10.9 Å². The number of hydrogen-bond donors (Lipinski definition) is 3. The van der Waals surface area contributed by atoms with Crippen molar-refractivity contribution in [3.63, 3.8) is 0 Å². The number of aliphatic hydroxyl groups excluding tert-OH is 1. The van der Waals surface area contributed by atoms with Crippen molar-refractivity contribution in [3.8, 4) is 17.2 Å². The number of rotatable bonds is 10. The van der Waals surface area contributed by atoms with E-state index in [2.05, 4.69) is 15.5 Å². The number of nitrogens with one attached hydrogen (secondary N) is 2. The second kappa shape index (κ2) is 9.25. The van der Waals surface area contributed by atoms with Crippen molar-refractivity contribution < 1.29 is 19.3 Å². The molecule has 0 fully saturated rings. The van der Waals surface area contributed by atoms with E-state index in [1.807, 2.05) is 49.4 Å². The van der Waals surface area contributed by atoms with Crippen molar-refractivity contribution in [2.45, 2.75) is 13.0 Å². The minimum absolute atomic E-state index is 0.199. The Morgan fingerprint density at radius 2 is 1.85 bits per heavy atom. The second-order valence-corrected chi connectivity index (χ2v) is 6.16. The average Bonchev–Trinajstić information content (AvgIpc) is 3.08. The molecule has 0 saturated heterocycles. The van der Waals surface area contributed by atoms with Crippen LogP contribution in [0.1, 0.15) is 5.69 Å². The molecule has 0 saturated carbocycles. The summed E-state index contributed by atoms with van der Waals surface area (Å²) in [6, 6.07) is 13.2. The molecule has 1 aromatic heterocycles. The zero-order valence-corrected chi connectivity index (χ0v) is 15.6. The van der Waals surface area contributed by atoms with Crippen LogP contribution in [-0.4, -0.2) is 54.8 Å². The molecule has 3 aromatic rings. The number of nitrogens with zero attached hydrogens (tertiary/aromatic N) is 1. The summed E-state index contributed by atoms with van der Waals surface area (Å²) in [7, 11) is 1.61. The molecule has 27 heavy (non-hydrogen) atoms. The van der Waals surface area contributed by atoms with Gasteiger partial charge in [-0.25, -0.2) is 0 Å². The molecule has 1 atom stereocenters. The SMILES string of the molecule is COc1ccccc1OCCNC[C@H](O)COc1cccc2[nH]nc(C)c12. The first-order valence-corrected chi connectivity index (χ1v) is 8.90. The minimum atomic E-state index is -0.626. The lowest BCUT2D eigenvalue weighted by atomic mass is 10.2. The molecule has 0 amide bonds. The fourth-order valence-electron chi connectivity index (χ4n) is 2.80. The monoisotopic (exact) mass is 371 g/mol. The van der Waals surface area contributed by atoms with Gasteiger partial charge in [0.25, 0.3) is 0 Å². The lowest BCUT2D eigenvalue weighted by Gasteiger charge is -2.15. The van der Waals surface area contributed by atoms with Crippen molar-refractivity contribution in [1.29, 1.82) is 0 Å². The lowest BCUT2D eigenvalue weighted by Crippen LogP contribution is -2.33. The Labute approximate surface area is 158 Å². The Kier molecular flexibility index (Phi) is 6.51. The molecule has 144 valence electrons. The van der Waals surface area contributed by atoms with E-state index in [1.165, 1.54) is 0 Å². The number of aromatic nitrogens is 2. The van der Waals surface area contributed by atoms with Gasteiger partial charge in [-0.05, 0) is 31.2 Å². The number of benzene rings is 2. The Morgan fingerprint density at radius 3 is 2.67 bits per heavy atom. The number of aryl methyl sites for hydroxylation is 1. The third-order valence-electron chi connectivity index (χ3n) is 4.15. The van der Waals surface area contributed by atoms with Crippen LogP contribution in [-0.2, 0) is 0 Å². The molecule has 0 aliphatic rings. The molecule has 0 spiro atoms. The molecular weight excluding hydrogens is 346 g/mol. The van der Waals surface area contributed by atoms with Crippen molar-refractivity contribution in [1.82, 2.24) is 15.5 Å². The van der Waals surface area contributed by atoms with E-state index in [0.29, 0.717) is 31.2 Å². The summed E-state index contributed by atoms with van der Waals surface area (Å²) in [5, 5.41) is 21.4. The van der Waals surface area contributed by atoms with E-state index in [9.17, 15) is 5.11 Å². The smallest absolute Gasteiger partial charge is 0.161 e. The van der Waals surface area contributed by atoms with Crippen LogP contribution < -0.4 is 19.5 Å². The highest BCUT2D eigenvalue weighted by Gasteiger charge is 2.10. The number of fused-ring (bicyclic) bond motifs is 1. The number of hydrogen-bond acceptors (Lipinski definition) is 6. The quantitative estimate of drug-likeness (QED) is 0.474. The maximum Gasteiger partial charge on any atom is 0.161 e. The van der Waals surface area contributed by atoms with Crippen LogP contribution in [0.15, 0.2) is 42.5 Å². The maximum absolute atomic E-state index is 10.1. The van der Waals surface area contributed by atoms with Gasteiger partial charge in [-0.15, -0.1) is 0 Å². The van der Waals surface area contributed by atoms with Gasteiger partial charge in [0.05, 0.1) is 23.7 Å². The molecule has 0 aliphatic heterocycles. The van der Waals surface area contributed by atoms with Gasteiger partial charge in [0.15, 0.2) is 11.5 Å². The molecule has 7 nitrogen and oxygen atoms in total. The molecule has 1 heterocycles. The number of aromatic amines is 1. The summed E-state index contributed by atoms with van der Waals surface area (Å²) >= 11 is 0. The van der Waals surface area contributed by atoms with Gasteiger partial charge < -0.3 is 24.6 Å². The van der Waals surface area contributed by atoms with Crippen LogP contribution in [0.3, 0.4) is 0 Å². The first-order valence-electron chi connectivity index (χ1n) is 8.90. The van der Waals surface area contributed by atoms with E-state index in [1.54, 1.807) is 7.11 Å². The fraction of sp³-hybridized carbons (Fsp3) is 0.350. The number of H-pyrrole nitrogens is 1. The summed E-state index contributed by atoms with van der Waals surface area (Å²) in [5.41, 5.74) is 1.80. The van der Waals surface area contributed by atoms with Crippen molar-refractivity contribution in [2.75, 3.05) is 33.4 Å². The molecule has 0 unspecified atom stereocenters. The van der Waals surface area contributed by atoms with Crippen LogP contribution in [0, 0.1) is 6.92 Å². The molecule has 0 radical (unpaired) electrons. The average molecular weight is 371 g/mol. The summed E-state index contributed by atoms with van der Waals surface area (Å²) in [6.45, 7) is 3.61. The second-order valence-electron chi connectivity index (χ2n) is 6.16. The normalized spacial score (nSPS) is 12.1. The first-order chi connectivity index (χ1) is 13.2. The van der Waals surface area contributed by atoms with Crippen LogP contribution in [0.2, 0.25) is 0 Å². The van der Waals surface area contributed by atoms with Gasteiger partial charge in [-0.1, -0.05) is 18.2 Å².